The van der Waals surface area contributed by atoms with Gasteiger partial charge in [0.25, 0.3) is 11.8 Å². The number of Topliss-reactive ketones (excluding diaryl/α,β-unsaturated/α-hetero) is 1. The normalized spacial score (nSPS) is 20.4. The molecule has 2 aromatic rings. The molecular weight excluding hydrogens is 638 g/mol. The number of nitrogens with zero attached hydrogens (tertiary/aromatic N) is 3. The summed E-state index contributed by atoms with van der Waals surface area (Å²) in [4.78, 5) is 90.6. The van der Waals surface area contributed by atoms with Gasteiger partial charge in [-0.3, -0.25) is 33.8 Å². The van der Waals surface area contributed by atoms with Gasteiger partial charge in [-0.1, -0.05) is 83.5 Å². The van der Waals surface area contributed by atoms with E-state index in [0.29, 0.717) is 12.8 Å². The van der Waals surface area contributed by atoms with E-state index in [1.165, 1.54) is 23.5 Å². The molecule has 1 fully saturated rings. The number of aromatic nitrogens is 2. The monoisotopic (exact) mass is 687 g/mol. The number of amides is 5. The van der Waals surface area contributed by atoms with E-state index in [4.69, 9.17) is 0 Å². The van der Waals surface area contributed by atoms with Gasteiger partial charge in [-0.15, -0.1) is 0 Å². The van der Waals surface area contributed by atoms with Crippen molar-refractivity contribution in [3.8, 4) is 0 Å². The van der Waals surface area contributed by atoms with E-state index < -0.39 is 65.5 Å². The zero-order valence-electron chi connectivity index (χ0n) is 29.6. The van der Waals surface area contributed by atoms with Gasteiger partial charge in [0, 0.05) is 24.9 Å². The summed E-state index contributed by atoms with van der Waals surface area (Å²) in [5.41, 5.74) is 0.889. The van der Waals surface area contributed by atoms with Crippen molar-refractivity contribution in [1.29, 1.82) is 0 Å². The summed E-state index contributed by atoms with van der Waals surface area (Å²) in [5.74, 6) is -4.62. The van der Waals surface area contributed by atoms with Gasteiger partial charge in [0.2, 0.25) is 23.5 Å². The molecule has 1 aliphatic carbocycles. The van der Waals surface area contributed by atoms with Crippen LogP contribution in [0.5, 0.6) is 0 Å². The van der Waals surface area contributed by atoms with Crippen LogP contribution in [0.25, 0.3) is 0 Å². The Balaban J connectivity index is 1.50. The number of rotatable bonds is 15. The average Bonchev–Trinajstić information content (AvgIpc) is 3.71. The second kappa shape index (κ2) is 17.1. The Morgan fingerprint density at radius 3 is 2.20 bits per heavy atom. The highest BCUT2D eigenvalue weighted by Crippen LogP contribution is 2.39. The number of carbonyl (C=O) groups excluding carboxylic acids is 6. The molecule has 2 aliphatic rings. The van der Waals surface area contributed by atoms with E-state index in [9.17, 15) is 28.8 Å². The lowest BCUT2D eigenvalue weighted by Gasteiger charge is -2.33. The number of benzene rings is 1. The molecule has 1 unspecified atom stereocenters. The van der Waals surface area contributed by atoms with Crippen LogP contribution < -0.4 is 21.3 Å². The zero-order chi connectivity index (χ0) is 36.5. The summed E-state index contributed by atoms with van der Waals surface area (Å²) >= 11 is 0. The van der Waals surface area contributed by atoms with Crippen LogP contribution >= 0.6 is 0 Å². The highest BCUT2D eigenvalue weighted by molar-refractivity contribution is 6.38. The third-order valence-electron chi connectivity index (χ3n) is 9.39. The molecule has 268 valence electrons. The minimum atomic E-state index is -1.08. The summed E-state index contributed by atoms with van der Waals surface area (Å²) in [7, 11) is 0. The first-order valence-electron chi connectivity index (χ1n) is 17.4. The highest BCUT2D eigenvalue weighted by atomic mass is 16.2. The van der Waals surface area contributed by atoms with E-state index in [-0.39, 0.29) is 42.3 Å². The maximum absolute atomic E-state index is 14.3. The van der Waals surface area contributed by atoms with Crippen LogP contribution in [0.2, 0.25) is 0 Å². The fourth-order valence-electron chi connectivity index (χ4n) is 6.59. The van der Waals surface area contributed by atoms with Gasteiger partial charge in [0.05, 0.1) is 18.3 Å². The standard InChI is InChI=1S/C37H49N7O6/c1-7-12-27(32(45)36(49)40-23(6)24-13-9-8-10-14-24)41-35(48)31-26-16-11-15-25(26)20-44(31)37(50)30(22(4)5)43-34(47)29(21(2)3)42-33(46)28-19-38-17-18-39-28/h8-11,13-15,17-19,21-23,25-27,29-31H,7,12,16,20H2,1-6H3,(H,40,49)(H,41,48)(H,42,46)(H,43,47)/t23-,25-,26-,27?,29-,30-,31-/m0/s1. The first-order chi connectivity index (χ1) is 23.8. The topological polar surface area (TPSA) is 180 Å². The minimum Gasteiger partial charge on any atom is -0.344 e. The molecular formula is C37H49N7O6. The van der Waals surface area contributed by atoms with Crippen molar-refractivity contribution < 1.29 is 28.8 Å². The second-order valence-electron chi connectivity index (χ2n) is 13.8. The number of ketones is 1. The summed E-state index contributed by atoms with van der Waals surface area (Å²) in [5, 5.41) is 11.1. The van der Waals surface area contributed by atoms with E-state index in [1.54, 1.807) is 34.6 Å². The number of likely N-dealkylation sites (tertiary alicyclic amines) is 1. The number of hydrogen-bond donors (Lipinski definition) is 4. The number of fused-ring (bicyclic) bond motifs is 1. The fourth-order valence-corrected chi connectivity index (χ4v) is 6.59. The third kappa shape index (κ3) is 8.99. The van der Waals surface area contributed by atoms with Crippen LogP contribution in [-0.2, 0) is 24.0 Å². The molecule has 1 aromatic heterocycles. The van der Waals surface area contributed by atoms with Gasteiger partial charge in [0.1, 0.15) is 23.8 Å². The number of hydrogen-bond acceptors (Lipinski definition) is 8. The summed E-state index contributed by atoms with van der Waals surface area (Å²) < 4.78 is 0. The molecule has 4 N–H and O–H groups in total. The van der Waals surface area contributed by atoms with Crippen LogP contribution in [0.1, 0.15) is 82.9 Å². The Morgan fingerprint density at radius 2 is 1.58 bits per heavy atom. The van der Waals surface area contributed by atoms with Crippen LogP contribution in [-0.4, -0.2) is 80.9 Å². The summed E-state index contributed by atoms with van der Waals surface area (Å²) in [6.07, 6.45) is 9.43. The molecule has 0 saturated carbocycles. The summed E-state index contributed by atoms with van der Waals surface area (Å²) in [6.45, 7) is 11.0. The number of nitrogens with one attached hydrogen (secondary N) is 4. The fraction of sp³-hybridized carbons (Fsp3) is 0.514. The van der Waals surface area contributed by atoms with Crippen molar-refractivity contribution in [2.75, 3.05) is 6.54 Å². The Morgan fingerprint density at radius 1 is 0.880 bits per heavy atom. The maximum Gasteiger partial charge on any atom is 0.290 e. The first-order valence-corrected chi connectivity index (χ1v) is 17.4. The Labute approximate surface area is 293 Å². The first kappa shape index (κ1) is 37.9. The molecule has 7 atom stereocenters. The molecule has 1 aromatic carbocycles. The molecule has 1 saturated heterocycles. The minimum absolute atomic E-state index is 0.0519. The molecule has 0 bridgehead atoms. The number of carbonyl (C=O) groups is 6. The maximum atomic E-state index is 14.3. The highest BCUT2D eigenvalue weighted by Gasteiger charge is 2.50. The van der Waals surface area contributed by atoms with Gasteiger partial charge in [-0.05, 0) is 43.1 Å². The van der Waals surface area contributed by atoms with Crippen molar-refractivity contribution in [2.24, 2.45) is 23.7 Å². The quantitative estimate of drug-likeness (QED) is 0.163. The van der Waals surface area contributed by atoms with Crippen molar-refractivity contribution in [2.45, 2.75) is 91.0 Å². The third-order valence-corrected chi connectivity index (χ3v) is 9.39. The largest absolute Gasteiger partial charge is 0.344 e. The van der Waals surface area contributed by atoms with Crippen molar-refractivity contribution in [3.63, 3.8) is 0 Å². The van der Waals surface area contributed by atoms with E-state index in [2.05, 4.69) is 31.2 Å². The van der Waals surface area contributed by atoms with Gasteiger partial charge in [-0.25, -0.2) is 4.98 Å². The second-order valence-corrected chi connectivity index (χ2v) is 13.8. The molecule has 50 heavy (non-hydrogen) atoms. The molecule has 5 amide bonds. The molecule has 13 nitrogen and oxygen atoms in total. The van der Waals surface area contributed by atoms with E-state index in [1.807, 2.05) is 49.4 Å². The lowest BCUT2D eigenvalue weighted by Crippen LogP contribution is -2.60. The molecule has 0 radical (unpaired) electrons. The number of allylic oxidation sites excluding steroid dienone is 1. The van der Waals surface area contributed by atoms with Gasteiger partial charge < -0.3 is 26.2 Å². The van der Waals surface area contributed by atoms with Gasteiger partial charge >= 0.3 is 0 Å². The lowest BCUT2D eigenvalue weighted by molar-refractivity contribution is -0.145. The van der Waals surface area contributed by atoms with Crippen molar-refractivity contribution >= 4 is 35.3 Å². The van der Waals surface area contributed by atoms with Crippen LogP contribution in [0.3, 0.4) is 0 Å². The van der Waals surface area contributed by atoms with Crippen molar-refractivity contribution in [1.82, 2.24) is 36.1 Å². The Kier molecular flexibility index (Phi) is 13.0. The molecule has 1 aliphatic heterocycles. The zero-order valence-corrected chi connectivity index (χ0v) is 29.6. The average molecular weight is 688 g/mol. The van der Waals surface area contributed by atoms with Crippen LogP contribution in [0.15, 0.2) is 61.1 Å². The van der Waals surface area contributed by atoms with Crippen LogP contribution in [0.4, 0.5) is 0 Å². The predicted octanol–water partition coefficient (Wildman–Crippen LogP) is 2.51. The molecule has 4 rings (SSSR count). The summed E-state index contributed by atoms with van der Waals surface area (Å²) in [6, 6.07) is 4.85. The van der Waals surface area contributed by atoms with Gasteiger partial charge in [0.15, 0.2) is 0 Å². The molecule has 2 heterocycles. The van der Waals surface area contributed by atoms with Gasteiger partial charge in [-0.2, -0.15) is 0 Å². The van der Waals surface area contributed by atoms with E-state index in [0.717, 1.165) is 5.56 Å². The Hall–Kier alpha value is -4.94. The SMILES string of the molecule is CCCC(NC(=O)[C@@H]1[C@H]2CC=C[C@H]2CN1C(=O)[C@@H](NC(=O)[C@@H](NC(=O)c1cnccn1)C(C)C)C(C)C)C(=O)C(=O)N[C@@H](C)c1ccccc1. The predicted molar refractivity (Wildman–Crippen MR) is 186 cm³/mol. The Bertz CT molecular complexity index is 1560. The van der Waals surface area contributed by atoms with Crippen LogP contribution in [0, 0.1) is 23.7 Å². The molecule has 0 spiro atoms. The smallest absolute Gasteiger partial charge is 0.290 e. The van der Waals surface area contributed by atoms with E-state index >= 15 is 0 Å². The van der Waals surface area contributed by atoms with Crippen molar-refractivity contribution in [3.05, 3.63) is 72.3 Å². The molecule has 13 heteroatoms. The lowest BCUT2D eigenvalue weighted by atomic mass is 9.92.